The Labute approximate surface area is 90.3 Å². The Hall–Kier alpha value is -1.33. The maximum atomic E-state index is 6.00. The number of hydrogen-bond acceptors (Lipinski definition) is 3. The van der Waals surface area contributed by atoms with E-state index in [-0.39, 0.29) is 0 Å². The zero-order valence-corrected chi connectivity index (χ0v) is 8.64. The molecule has 14 heavy (non-hydrogen) atoms. The summed E-state index contributed by atoms with van der Waals surface area (Å²) in [5.41, 5.74) is 6.36. The molecule has 0 aliphatic rings. The topological polar surface area (TPSA) is 59.6 Å². The van der Waals surface area contributed by atoms with Crippen LogP contribution in [0.25, 0.3) is 5.69 Å². The van der Waals surface area contributed by atoms with Crippen LogP contribution in [0, 0.1) is 4.77 Å². The van der Waals surface area contributed by atoms with Crippen LogP contribution < -0.4 is 5.73 Å². The number of nitrogens with two attached hydrogens (primary N) is 1. The molecular weight excluding hydrogens is 220 g/mol. The lowest BCUT2D eigenvalue weighted by Gasteiger charge is -2.04. The van der Waals surface area contributed by atoms with Crippen LogP contribution in [0.2, 0.25) is 5.02 Å². The first-order chi connectivity index (χ1) is 6.70. The van der Waals surface area contributed by atoms with Crippen LogP contribution in [-0.2, 0) is 0 Å². The number of para-hydroxylation sites is 1. The molecule has 0 saturated heterocycles. The molecule has 0 bridgehead atoms. The molecule has 0 saturated carbocycles. The molecule has 1 heterocycles. The highest BCUT2D eigenvalue weighted by atomic mass is 35.5. The summed E-state index contributed by atoms with van der Waals surface area (Å²) in [5.74, 6) is 0.295. The highest BCUT2D eigenvalue weighted by molar-refractivity contribution is 7.71. The Bertz CT molecular complexity index is 516. The first-order valence-corrected chi connectivity index (χ1v) is 4.66. The number of nitrogen functional groups attached to an aromatic ring is 1. The number of aromatic nitrogens is 3. The van der Waals surface area contributed by atoms with Crippen molar-refractivity contribution in [2.24, 2.45) is 0 Å². The van der Waals surface area contributed by atoms with Gasteiger partial charge < -0.3 is 5.73 Å². The van der Waals surface area contributed by atoms with Gasteiger partial charge in [-0.05, 0) is 24.4 Å². The summed E-state index contributed by atoms with van der Waals surface area (Å²) in [7, 11) is 0. The second-order valence-corrected chi connectivity index (χ2v) is 3.47. The van der Waals surface area contributed by atoms with Crippen molar-refractivity contribution in [3.05, 3.63) is 34.1 Å². The fourth-order valence-corrected chi connectivity index (χ4v) is 1.63. The van der Waals surface area contributed by atoms with E-state index in [1.807, 2.05) is 18.2 Å². The molecule has 1 aromatic carbocycles. The van der Waals surface area contributed by atoms with E-state index in [1.165, 1.54) is 0 Å². The largest absolute Gasteiger partial charge is 0.368 e. The smallest absolute Gasteiger partial charge is 0.225 e. The lowest BCUT2D eigenvalue weighted by molar-refractivity contribution is 1.04. The Morgan fingerprint density at radius 3 is 2.71 bits per heavy atom. The summed E-state index contributed by atoms with van der Waals surface area (Å²) in [6.45, 7) is 0. The average molecular weight is 227 g/mol. The summed E-state index contributed by atoms with van der Waals surface area (Å²) in [6, 6.07) is 7.29. The lowest BCUT2D eigenvalue weighted by Crippen LogP contribution is -2.01. The van der Waals surface area contributed by atoms with E-state index >= 15 is 0 Å². The summed E-state index contributed by atoms with van der Waals surface area (Å²) < 4.78 is 2.01. The minimum absolute atomic E-state index is 0.295. The van der Waals surface area contributed by atoms with Gasteiger partial charge in [-0.1, -0.05) is 23.7 Å². The second kappa shape index (κ2) is 3.43. The summed E-state index contributed by atoms with van der Waals surface area (Å²) in [4.78, 5) is 0. The van der Waals surface area contributed by atoms with Crippen LogP contribution in [0.3, 0.4) is 0 Å². The molecular formula is C8H7ClN4S. The second-order valence-electron chi connectivity index (χ2n) is 2.67. The third-order valence-electron chi connectivity index (χ3n) is 1.79. The third kappa shape index (κ3) is 1.40. The minimum atomic E-state index is 0.295. The van der Waals surface area contributed by atoms with Gasteiger partial charge in [0.15, 0.2) is 0 Å². The summed E-state index contributed by atoms with van der Waals surface area (Å²) in [5, 5.41) is 6.97. The summed E-state index contributed by atoms with van der Waals surface area (Å²) >= 11 is 11.0. The van der Waals surface area contributed by atoms with Gasteiger partial charge in [-0.25, -0.2) is 5.10 Å². The monoisotopic (exact) mass is 226 g/mol. The van der Waals surface area contributed by atoms with Crippen molar-refractivity contribution in [1.82, 2.24) is 14.8 Å². The van der Waals surface area contributed by atoms with Gasteiger partial charge in [0, 0.05) is 0 Å². The normalized spacial score (nSPS) is 10.4. The zero-order chi connectivity index (χ0) is 10.1. The Morgan fingerprint density at radius 1 is 1.43 bits per heavy atom. The molecule has 0 aliphatic heterocycles. The first kappa shape index (κ1) is 9.23. The van der Waals surface area contributed by atoms with Crippen molar-refractivity contribution in [2.75, 3.05) is 5.73 Å². The van der Waals surface area contributed by atoms with Gasteiger partial charge in [-0.15, -0.1) is 5.10 Å². The highest BCUT2D eigenvalue weighted by Gasteiger charge is 2.07. The Morgan fingerprint density at radius 2 is 2.14 bits per heavy atom. The van der Waals surface area contributed by atoms with Crippen LogP contribution in [0.4, 0.5) is 5.95 Å². The molecule has 0 radical (unpaired) electrons. The Balaban J connectivity index is 2.72. The van der Waals surface area contributed by atoms with Crippen molar-refractivity contribution in [3.63, 3.8) is 0 Å². The fourth-order valence-electron chi connectivity index (χ4n) is 1.18. The molecule has 1 aromatic heterocycles. The number of aromatic amines is 1. The van der Waals surface area contributed by atoms with Gasteiger partial charge in [-0.3, -0.25) is 4.57 Å². The van der Waals surface area contributed by atoms with Crippen molar-refractivity contribution in [1.29, 1.82) is 0 Å². The van der Waals surface area contributed by atoms with Gasteiger partial charge in [0.2, 0.25) is 10.7 Å². The zero-order valence-electron chi connectivity index (χ0n) is 7.07. The van der Waals surface area contributed by atoms with Crippen LogP contribution in [0.1, 0.15) is 0 Å². The SMILES string of the molecule is Nc1n[nH]c(=S)n1-c1ccccc1Cl. The number of rotatable bonds is 1. The number of hydrogen-bond donors (Lipinski definition) is 2. The molecule has 0 amide bonds. The predicted octanol–water partition coefficient (Wildman–Crippen LogP) is 2.17. The molecule has 0 aliphatic carbocycles. The van der Waals surface area contributed by atoms with Gasteiger partial charge in [-0.2, -0.15) is 0 Å². The van der Waals surface area contributed by atoms with Crippen LogP contribution in [0.15, 0.2) is 24.3 Å². The van der Waals surface area contributed by atoms with E-state index in [0.717, 1.165) is 5.69 Å². The minimum Gasteiger partial charge on any atom is -0.368 e. The molecule has 4 nitrogen and oxygen atoms in total. The average Bonchev–Trinajstić information content (AvgIpc) is 2.48. The number of halogens is 1. The standard InChI is InChI=1S/C8H7ClN4S/c9-5-3-1-2-4-6(5)13-7(10)11-12-8(13)14/h1-4H,(H2,10,11)(H,12,14). The van der Waals surface area contributed by atoms with Gasteiger partial charge >= 0.3 is 0 Å². The van der Waals surface area contributed by atoms with E-state index in [2.05, 4.69) is 10.2 Å². The van der Waals surface area contributed by atoms with Gasteiger partial charge in [0.25, 0.3) is 0 Å². The highest BCUT2D eigenvalue weighted by Crippen LogP contribution is 2.21. The van der Waals surface area contributed by atoms with E-state index in [1.54, 1.807) is 10.6 Å². The molecule has 6 heteroatoms. The molecule has 2 rings (SSSR count). The maximum absolute atomic E-state index is 6.00. The molecule has 2 aromatic rings. The van der Waals surface area contributed by atoms with Gasteiger partial charge in [0.05, 0.1) is 10.7 Å². The van der Waals surface area contributed by atoms with Crippen LogP contribution in [-0.4, -0.2) is 14.8 Å². The molecule has 0 fully saturated rings. The molecule has 3 N–H and O–H groups in total. The molecule has 0 spiro atoms. The molecule has 0 unspecified atom stereocenters. The summed E-state index contributed by atoms with van der Waals surface area (Å²) in [6.07, 6.45) is 0. The van der Waals surface area contributed by atoms with Crippen molar-refractivity contribution in [2.45, 2.75) is 0 Å². The number of H-pyrrole nitrogens is 1. The predicted molar refractivity (Wildman–Crippen MR) is 58.2 cm³/mol. The lowest BCUT2D eigenvalue weighted by atomic mass is 10.3. The van der Waals surface area contributed by atoms with E-state index in [9.17, 15) is 0 Å². The molecule has 0 atom stereocenters. The molecule has 72 valence electrons. The van der Waals surface area contributed by atoms with Crippen molar-refractivity contribution >= 4 is 29.8 Å². The van der Waals surface area contributed by atoms with E-state index < -0.39 is 0 Å². The van der Waals surface area contributed by atoms with Crippen LogP contribution in [0.5, 0.6) is 0 Å². The quantitative estimate of drug-likeness (QED) is 0.733. The van der Waals surface area contributed by atoms with Gasteiger partial charge in [0.1, 0.15) is 0 Å². The van der Waals surface area contributed by atoms with Crippen molar-refractivity contribution in [3.8, 4) is 5.69 Å². The van der Waals surface area contributed by atoms with E-state index in [4.69, 9.17) is 29.6 Å². The fraction of sp³-hybridized carbons (Fsp3) is 0. The first-order valence-electron chi connectivity index (χ1n) is 3.88. The van der Waals surface area contributed by atoms with Crippen molar-refractivity contribution < 1.29 is 0 Å². The number of benzene rings is 1. The third-order valence-corrected chi connectivity index (χ3v) is 2.39. The Kier molecular flexibility index (Phi) is 2.26. The number of anilines is 1. The van der Waals surface area contributed by atoms with Crippen LogP contribution >= 0.6 is 23.8 Å². The maximum Gasteiger partial charge on any atom is 0.225 e. The van der Waals surface area contributed by atoms with E-state index in [0.29, 0.717) is 15.7 Å². The number of nitrogens with zero attached hydrogens (tertiary/aromatic N) is 2. The number of nitrogens with one attached hydrogen (secondary N) is 1.